The van der Waals surface area contributed by atoms with Crippen LogP contribution >= 0.6 is 0 Å². The van der Waals surface area contributed by atoms with Crippen molar-refractivity contribution < 1.29 is 19.3 Å². The molecule has 0 bridgehead atoms. The molecule has 1 N–H and O–H groups in total. The Bertz CT molecular complexity index is 128. The Balaban J connectivity index is 2.57. The van der Waals surface area contributed by atoms with Gasteiger partial charge in [0, 0.05) is 14.2 Å². The second kappa shape index (κ2) is 3.49. The Kier molecular flexibility index (Phi) is 2.84. The Morgan fingerprint density at radius 1 is 1.27 bits per heavy atom. The molecule has 0 unspecified atom stereocenters. The van der Waals surface area contributed by atoms with E-state index >= 15 is 0 Å². The summed E-state index contributed by atoms with van der Waals surface area (Å²) < 4.78 is 15.2. The molecule has 0 saturated carbocycles. The molecule has 4 heteroatoms. The first-order valence-electron chi connectivity index (χ1n) is 3.59. The molecule has 1 aliphatic heterocycles. The zero-order valence-electron chi connectivity index (χ0n) is 6.98. The molecule has 1 aliphatic rings. The summed E-state index contributed by atoms with van der Waals surface area (Å²) in [4.78, 5) is 0. The van der Waals surface area contributed by atoms with Gasteiger partial charge in [-0.2, -0.15) is 0 Å². The summed E-state index contributed by atoms with van der Waals surface area (Å²) in [6.07, 6.45) is -1.62. The number of rotatable bonds is 2. The summed E-state index contributed by atoms with van der Waals surface area (Å²) in [5, 5.41) is 9.43. The number of aliphatic hydroxyl groups excluding tert-OH is 1. The fourth-order valence-corrected chi connectivity index (χ4v) is 1.24. The van der Waals surface area contributed by atoms with Crippen molar-refractivity contribution in [2.45, 2.75) is 31.5 Å². The third kappa shape index (κ3) is 1.54. The van der Waals surface area contributed by atoms with Crippen LogP contribution < -0.4 is 0 Å². The van der Waals surface area contributed by atoms with E-state index in [0.29, 0.717) is 0 Å². The number of aliphatic hydroxyl groups is 1. The zero-order valence-corrected chi connectivity index (χ0v) is 6.98. The monoisotopic (exact) mass is 162 g/mol. The lowest BCUT2D eigenvalue weighted by atomic mass is 10.1. The highest BCUT2D eigenvalue weighted by Gasteiger charge is 2.41. The number of ether oxygens (including phenoxy) is 3. The van der Waals surface area contributed by atoms with Gasteiger partial charge in [-0.3, -0.25) is 0 Å². The van der Waals surface area contributed by atoms with Gasteiger partial charge in [0.1, 0.15) is 12.2 Å². The molecular formula is C7H14O4. The van der Waals surface area contributed by atoms with E-state index in [-0.39, 0.29) is 12.2 Å². The van der Waals surface area contributed by atoms with Crippen LogP contribution in [0.4, 0.5) is 0 Å². The molecule has 0 radical (unpaired) electrons. The van der Waals surface area contributed by atoms with Crippen molar-refractivity contribution >= 4 is 0 Å². The van der Waals surface area contributed by atoms with E-state index in [1.807, 2.05) is 0 Å². The van der Waals surface area contributed by atoms with Crippen LogP contribution in [-0.2, 0) is 14.2 Å². The lowest BCUT2D eigenvalue weighted by Gasteiger charge is -2.16. The van der Waals surface area contributed by atoms with Crippen LogP contribution in [0.15, 0.2) is 0 Å². The molecule has 0 amide bonds. The molecule has 4 nitrogen and oxygen atoms in total. The molecule has 0 aliphatic carbocycles. The minimum atomic E-state index is -0.593. The van der Waals surface area contributed by atoms with Gasteiger partial charge in [-0.05, 0) is 6.92 Å². The van der Waals surface area contributed by atoms with Crippen molar-refractivity contribution in [2.75, 3.05) is 14.2 Å². The maximum Gasteiger partial charge on any atom is 0.186 e. The van der Waals surface area contributed by atoms with E-state index < -0.39 is 12.4 Å². The van der Waals surface area contributed by atoms with E-state index in [1.165, 1.54) is 14.2 Å². The summed E-state index contributed by atoms with van der Waals surface area (Å²) in [5.74, 6) is 0. The minimum absolute atomic E-state index is 0.218. The lowest BCUT2D eigenvalue weighted by Crippen LogP contribution is -2.34. The molecule has 11 heavy (non-hydrogen) atoms. The van der Waals surface area contributed by atoms with Gasteiger partial charge < -0.3 is 19.3 Å². The fourth-order valence-electron chi connectivity index (χ4n) is 1.24. The normalized spacial score (nSPS) is 44.7. The SMILES string of the molecule is CO[C@@H]1O[C@H](C)[C@H](O)[C@H]1OC. The summed E-state index contributed by atoms with van der Waals surface area (Å²) >= 11 is 0. The highest BCUT2D eigenvalue weighted by atomic mass is 16.7. The molecule has 66 valence electrons. The summed E-state index contributed by atoms with van der Waals surface area (Å²) in [7, 11) is 3.06. The van der Waals surface area contributed by atoms with Crippen LogP contribution in [0, 0.1) is 0 Å². The molecule has 0 aromatic heterocycles. The lowest BCUT2D eigenvalue weighted by molar-refractivity contribution is -0.153. The van der Waals surface area contributed by atoms with Gasteiger partial charge in [0.15, 0.2) is 6.29 Å². The van der Waals surface area contributed by atoms with Crippen LogP contribution in [0.2, 0.25) is 0 Å². The van der Waals surface area contributed by atoms with Gasteiger partial charge in [-0.1, -0.05) is 0 Å². The van der Waals surface area contributed by atoms with Crippen molar-refractivity contribution in [1.82, 2.24) is 0 Å². The van der Waals surface area contributed by atoms with Crippen LogP contribution in [0.5, 0.6) is 0 Å². The zero-order chi connectivity index (χ0) is 8.43. The quantitative estimate of drug-likeness (QED) is 0.608. The topological polar surface area (TPSA) is 47.9 Å². The van der Waals surface area contributed by atoms with Crippen LogP contribution in [0.3, 0.4) is 0 Å². The average molecular weight is 162 g/mol. The Hall–Kier alpha value is -0.160. The van der Waals surface area contributed by atoms with Gasteiger partial charge in [0.25, 0.3) is 0 Å². The standard InChI is InChI=1S/C7H14O4/c1-4-5(8)6(9-2)7(10-3)11-4/h4-8H,1-3H3/t4-,5+,6-,7-/m1/s1. The fraction of sp³-hybridized carbons (Fsp3) is 1.00. The number of hydrogen-bond donors (Lipinski definition) is 1. The van der Waals surface area contributed by atoms with E-state index in [0.717, 1.165) is 0 Å². The molecule has 0 spiro atoms. The molecule has 1 saturated heterocycles. The van der Waals surface area contributed by atoms with Crippen LogP contribution in [0.25, 0.3) is 0 Å². The molecule has 1 rings (SSSR count). The number of methoxy groups -OCH3 is 2. The summed E-state index contributed by atoms with van der Waals surface area (Å²) in [6, 6.07) is 0. The first-order valence-corrected chi connectivity index (χ1v) is 3.59. The first-order chi connectivity index (χ1) is 5.20. The van der Waals surface area contributed by atoms with Crippen molar-refractivity contribution in [3.8, 4) is 0 Å². The van der Waals surface area contributed by atoms with Gasteiger partial charge in [0.05, 0.1) is 6.10 Å². The van der Waals surface area contributed by atoms with E-state index in [9.17, 15) is 5.11 Å². The van der Waals surface area contributed by atoms with Gasteiger partial charge in [0.2, 0.25) is 0 Å². The molecule has 1 fully saturated rings. The highest BCUT2D eigenvalue weighted by Crippen LogP contribution is 2.23. The molecular weight excluding hydrogens is 148 g/mol. The number of hydrogen-bond acceptors (Lipinski definition) is 4. The summed E-state index contributed by atoms with van der Waals surface area (Å²) in [5.41, 5.74) is 0. The largest absolute Gasteiger partial charge is 0.387 e. The van der Waals surface area contributed by atoms with Crippen molar-refractivity contribution in [1.29, 1.82) is 0 Å². The van der Waals surface area contributed by atoms with Gasteiger partial charge in [-0.25, -0.2) is 0 Å². The second-order valence-corrected chi connectivity index (χ2v) is 2.64. The predicted octanol–water partition coefficient (Wildman–Crippen LogP) is -0.247. The third-order valence-corrected chi connectivity index (χ3v) is 1.94. The van der Waals surface area contributed by atoms with Crippen molar-refractivity contribution in [3.05, 3.63) is 0 Å². The molecule has 0 aromatic carbocycles. The van der Waals surface area contributed by atoms with Crippen molar-refractivity contribution in [3.63, 3.8) is 0 Å². The Morgan fingerprint density at radius 3 is 2.27 bits per heavy atom. The maximum atomic E-state index is 9.43. The molecule has 1 heterocycles. The smallest absolute Gasteiger partial charge is 0.186 e. The minimum Gasteiger partial charge on any atom is -0.387 e. The predicted molar refractivity (Wildman–Crippen MR) is 38.1 cm³/mol. The van der Waals surface area contributed by atoms with Gasteiger partial charge >= 0.3 is 0 Å². The third-order valence-electron chi connectivity index (χ3n) is 1.94. The summed E-state index contributed by atoms with van der Waals surface area (Å²) in [6.45, 7) is 1.79. The Morgan fingerprint density at radius 2 is 1.91 bits per heavy atom. The molecule has 0 aromatic rings. The maximum absolute atomic E-state index is 9.43. The average Bonchev–Trinajstić information content (AvgIpc) is 2.28. The second-order valence-electron chi connectivity index (χ2n) is 2.64. The van der Waals surface area contributed by atoms with Crippen LogP contribution in [0.1, 0.15) is 6.92 Å². The Labute approximate surface area is 66.1 Å². The van der Waals surface area contributed by atoms with E-state index in [2.05, 4.69) is 0 Å². The van der Waals surface area contributed by atoms with Crippen LogP contribution in [-0.4, -0.2) is 43.9 Å². The van der Waals surface area contributed by atoms with E-state index in [1.54, 1.807) is 6.92 Å². The van der Waals surface area contributed by atoms with Crippen molar-refractivity contribution in [2.24, 2.45) is 0 Å². The van der Waals surface area contributed by atoms with E-state index in [4.69, 9.17) is 14.2 Å². The molecule has 4 atom stereocenters. The van der Waals surface area contributed by atoms with Gasteiger partial charge in [-0.15, -0.1) is 0 Å². The first kappa shape index (κ1) is 8.93. The highest BCUT2D eigenvalue weighted by molar-refractivity contribution is 4.84.